The molecule has 10 nitrogen and oxygen atoms in total. The van der Waals surface area contributed by atoms with E-state index in [9.17, 15) is 5.26 Å². The maximum atomic E-state index is 9.73. The number of nitrogens with zero attached hydrogens (tertiary/aromatic N) is 7. The molecule has 1 aliphatic rings. The lowest BCUT2D eigenvalue weighted by Gasteiger charge is -2.23. The zero-order valence-electron chi connectivity index (χ0n) is 20.6. The Morgan fingerprint density at radius 1 is 1.19 bits per heavy atom. The molecule has 0 saturated carbocycles. The van der Waals surface area contributed by atoms with Crippen molar-refractivity contribution >= 4 is 5.65 Å². The van der Waals surface area contributed by atoms with E-state index in [4.69, 9.17) is 9.26 Å². The molecule has 0 radical (unpaired) electrons. The number of benzene rings is 1. The first-order chi connectivity index (χ1) is 18.1. The van der Waals surface area contributed by atoms with Gasteiger partial charge in [0.15, 0.2) is 0 Å². The molecule has 1 fully saturated rings. The molecule has 186 valence electrons. The lowest BCUT2D eigenvalue weighted by molar-refractivity contribution is 0.215. The topological polar surface area (TPSA) is 119 Å². The molecule has 1 aromatic carbocycles. The van der Waals surface area contributed by atoms with Crippen LogP contribution in [0.25, 0.3) is 28.2 Å². The molecule has 0 aliphatic carbocycles. The number of hydrogen-bond donors (Lipinski definition) is 1. The number of ether oxygens (including phenoxy) is 1. The number of piperidine rings is 1. The van der Waals surface area contributed by atoms with Crippen molar-refractivity contribution in [2.45, 2.75) is 38.8 Å². The average molecular weight is 495 g/mol. The zero-order chi connectivity index (χ0) is 25.4. The largest absolute Gasteiger partial charge is 0.471 e. The van der Waals surface area contributed by atoms with Crippen molar-refractivity contribution in [2.75, 3.05) is 13.1 Å². The molecule has 1 N–H and O–H groups in total. The van der Waals surface area contributed by atoms with E-state index in [-0.39, 0.29) is 6.10 Å². The van der Waals surface area contributed by atoms with Crippen molar-refractivity contribution in [2.24, 2.45) is 0 Å². The third-order valence-corrected chi connectivity index (χ3v) is 6.95. The number of aromatic nitrogens is 6. The smallest absolute Gasteiger partial charge is 0.201 e. The average Bonchev–Trinajstić information content (AvgIpc) is 3.69. The quantitative estimate of drug-likeness (QED) is 0.367. The Morgan fingerprint density at radius 3 is 2.81 bits per heavy atom. The van der Waals surface area contributed by atoms with Crippen molar-refractivity contribution in [1.29, 1.82) is 5.26 Å². The molecule has 6 rings (SSSR count). The highest BCUT2D eigenvalue weighted by atomic mass is 16.5. The van der Waals surface area contributed by atoms with Gasteiger partial charge in [0.05, 0.1) is 17.9 Å². The minimum absolute atomic E-state index is 0.326. The first kappa shape index (κ1) is 22.9. The summed E-state index contributed by atoms with van der Waals surface area (Å²) >= 11 is 0. The molecule has 1 atom stereocenters. The van der Waals surface area contributed by atoms with E-state index in [1.165, 1.54) is 0 Å². The lowest BCUT2D eigenvalue weighted by Crippen LogP contribution is -2.30. The molecule has 1 unspecified atom stereocenters. The Kier molecular flexibility index (Phi) is 5.90. The number of nitrogens with one attached hydrogen (secondary N) is 1. The van der Waals surface area contributed by atoms with Crippen molar-refractivity contribution < 1.29 is 9.26 Å². The second kappa shape index (κ2) is 9.52. The Balaban J connectivity index is 1.41. The van der Waals surface area contributed by atoms with Gasteiger partial charge in [-0.25, -0.2) is 9.67 Å². The molecule has 5 heterocycles. The Hall–Kier alpha value is -4.49. The van der Waals surface area contributed by atoms with Crippen molar-refractivity contribution in [1.82, 2.24) is 34.9 Å². The van der Waals surface area contributed by atoms with Crippen LogP contribution in [-0.4, -0.2) is 42.6 Å². The highest BCUT2D eigenvalue weighted by molar-refractivity contribution is 5.69. The van der Waals surface area contributed by atoms with Crippen LogP contribution in [0, 0.1) is 18.3 Å². The molecule has 0 amide bonds. The molecule has 1 saturated heterocycles. The third kappa shape index (κ3) is 4.13. The van der Waals surface area contributed by atoms with Gasteiger partial charge in [0.1, 0.15) is 41.2 Å². The Bertz CT molecular complexity index is 1590. The monoisotopic (exact) mass is 494 g/mol. The summed E-state index contributed by atoms with van der Waals surface area (Å²) in [6, 6.07) is 16.1. The molecule has 10 heteroatoms. The van der Waals surface area contributed by atoms with E-state index in [0.29, 0.717) is 23.3 Å². The fourth-order valence-electron chi connectivity index (χ4n) is 5.07. The SMILES string of the molecule is Cc1c(-c2cc(OC(C)c3ccccc3-c3ccon3)n3c(C#N)cnc3c2)nnn1C1CCNCC1. The summed E-state index contributed by atoms with van der Waals surface area (Å²) in [4.78, 5) is 4.48. The fraction of sp³-hybridized carbons (Fsp3) is 0.296. The minimum atomic E-state index is -0.355. The van der Waals surface area contributed by atoms with Crippen LogP contribution in [0.4, 0.5) is 0 Å². The van der Waals surface area contributed by atoms with Gasteiger partial charge < -0.3 is 14.6 Å². The van der Waals surface area contributed by atoms with Crippen LogP contribution < -0.4 is 10.1 Å². The summed E-state index contributed by atoms with van der Waals surface area (Å²) in [5, 5.41) is 26.3. The van der Waals surface area contributed by atoms with E-state index < -0.39 is 0 Å². The molecule has 5 aromatic rings. The molecular weight excluding hydrogens is 468 g/mol. The predicted octanol–water partition coefficient (Wildman–Crippen LogP) is 4.49. The van der Waals surface area contributed by atoms with Gasteiger partial charge in [-0.2, -0.15) is 5.26 Å². The summed E-state index contributed by atoms with van der Waals surface area (Å²) in [5.41, 5.74) is 6.22. The maximum absolute atomic E-state index is 9.73. The molecular formula is C27H26N8O2. The second-order valence-corrected chi connectivity index (χ2v) is 9.21. The summed E-state index contributed by atoms with van der Waals surface area (Å²) in [7, 11) is 0. The summed E-state index contributed by atoms with van der Waals surface area (Å²) in [6.07, 6.45) is 4.79. The number of rotatable bonds is 6. The first-order valence-corrected chi connectivity index (χ1v) is 12.3. The fourth-order valence-corrected chi connectivity index (χ4v) is 5.07. The maximum Gasteiger partial charge on any atom is 0.201 e. The van der Waals surface area contributed by atoms with Crippen molar-refractivity contribution in [3.63, 3.8) is 0 Å². The van der Waals surface area contributed by atoms with E-state index >= 15 is 0 Å². The zero-order valence-corrected chi connectivity index (χ0v) is 20.6. The molecule has 0 bridgehead atoms. The number of imidazole rings is 1. The standard InChI is InChI=1S/C27H26N8O2/c1-17-27(31-33-35(17)20-7-10-29-11-8-20)19-13-25-30-16-21(15-28)34(25)26(14-19)37-18(2)22-5-3-4-6-23(22)24-9-12-36-32-24/h3-6,9,12-14,16,18,20,29H,7-8,10-11H2,1-2H3. The van der Waals surface area contributed by atoms with Gasteiger partial charge >= 0.3 is 0 Å². The van der Waals surface area contributed by atoms with Crippen molar-refractivity contribution in [3.05, 3.63) is 71.9 Å². The first-order valence-electron chi connectivity index (χ1n) is 12.3. The van der Waals surface area contributed by atoms with Crippen molar-refractivity contribution in [3.8, 4) is 34.5 Å². The number of hydrogen-bond acceptors (Lipinski definition) is 8. The van der Waals surface area contributed by atoms with Gasteiger partial charge in [0.25, 0.3) is 0 Å². The highest BCUT2D eigenvalue weighted by Crippen LogP contribution is 2.34. The van der Waals surface area contributed by atoms with Gasteiger partial charge in [-0.3, -0.25) is 4.40 Å². The van der Waals surface area contributed by atoms with Gasteiger partial charge in [-0.15, -0.1) is 5.10 Å². The van der Waals surface area contributed by atoms with Crippen LogP contribution in [-0.2, 0) is 0 Å². The van der Waals surface area contributed by atoms with Gasteiger partial charge in [0.2, 0.25) is 5.88 Å². The number of nitriles is 1. The predicted molar refractivity (Wildman–Crippen MR) is 136 cm³/mol. The third-order valence-electron chi connectivity index (χ3n) is 6.95. The highest BCUT2D eigenvalue weighted by Gasteiger charge is 2.23. The molecule has 4 aromatic heterocycles. The molecule has 1 aliphatic heterocycles. The van der Waals surface area contributed by atoms with Crippen LogP contribution in [0.15, 0.2) is 59.4 Å². The van der Waals surface area contributed by atoms with E-state index in [2.05, 4.69) is 31.8 Å². The summed E-state index contributed by atoms with van der Waals surface area (Å²) in [5.74, 6) is 0.500. The van der Waals surface area contributed by atoms with E-state index in [0.717, 1.165) is 59.7 Å². The normalized spacial score (nSPS) is 15.1. The Morgan fingerprint density at radius 2 is 2.03 bits per heavy atom. The Labute approximate surface area is 213 Å². The van der Waals surface area contributed by atoms with Crippen LogP contribution in [0.2, 0.25) is 0 Å². The van der Waals surface area contributed by atoms with Crippen LogP contribution in [0.3, 0.4) is 0 Å². The van der Waals surface area contributed by atoms with Gasteiger partial charge in [0, 0.05) is 28.8 Å². The van der Waals surface area contributed by atoms with Gasteiger partial charge in [-0.05, 0) is 45.8 Å². The minimum Gasteiger partial charge on any atom is -0.471 e. The molecule has 37 heavy (non-hydrogen) atoms. The van der Waals surface area contributed by atoms with E-state index in [1.807, 2.05) is 61.0 Å². The summed E-state index contributed by atoms with van der Waals surface area (Å²) < 4.78 is 15.4. The van der Waals surface area contributed by atoms with E-state index in [1.54, 1.807) is 16.9 Å². The summed E-state index contributed by atoms with van der Waals surface area (Å²) in [6.45, 7) is 5.97. The van der Waals surface area contributed by atoms with Crippen LogP contribution in [0.5, 0.6) is 5.88 Å². The molecule has 0 spiro atoms. The lowest BCUT2D eigenvalue weighted by atomic mass is 10.0. The second-order valence-electron chi connectivity index (χ2n) is 9.21. The number of fused-ring (bicyclic) bond motifs is 1. The number of pyridine rings is 1. The van der Waals surface area contributed by atoms with Crippen LogP contribution >= 0.6 is 0 Å². The van der Waals surface area contributed by atoms with Crippen LogP contribution in [0.1, 0.15) is 48.9 Å². The van der Waals surface area contributed by atoms with Gasteiger partial charge in [-0.1, -0.05) is 34.6 Å².